The second kappa shape index (κ2) is 10.4. The third-order valence-corrected chi connectivity index (χ3v) is 6.39. The van der Waals surface area contributed by atoms with Crippen molar-refractivity contribution >= 4 is 28.8 Å². The molecule has 8 heteroatoms. The molecule has 182 valence electrons. The number of nitriles is 1. The van der Waals surface area contributed by atoms with Crippen LogP contribution < -0.4 is 19.5 Å². The minimum atomic E-state index is -3.03. The van der Waals surface area contributed by atoms with Crippen molar-refractivity contribution in [3.05, 3.63) is 79.2 Å². The number of rotatable bonds is 6. The van der Waals surface area contributed by atoms with E-state index >= 15 is 0 Å². The van der Waals surface area contributed by atoms with Crippen LogP contribution in [-0.4, -0.2) is 17.0 Å². The number of para-hydroxylation sites is 1. The number of thiazole rings is 1. The number of Topliss-reactive ketones (excluding diaryl/α,β-unsaturated/α-hetero) is 1. The van der Waals surface area contributed by atoms with Crippen LogP contribution in [0.5, 0.6) is 5.75 Å². The maximum atomic E-state index is 13.6. The van der Waals surface area contributed by atoms with Gasteiger partial charge in [0, 0.05) is 11.0 Å². The molecule has 0 aliphatic rings. The third kappa shape index (κ3) is 5.75. The molecule has 0 radical (unpaired) electrons. The zero-order valence-electron chi connectivity index (χ0n) is 20.1. The number of halogens is 2. The number of carbonyl (C=O) groups excluding carboxylic acids is 1. The van der Waals surface area contributed by atoms with E-state index in [1.54, 1.807) is 51.1 Å². The number of carbonyl (C=O) groups is 1. The largest absolute Gasteiger partial charge is 0.434 e. The van der Waals surface area contributed by atoms with E-state index < -0.39 is 23.4 Å². The predicted molar refractivity (Wildman–Crippen MR) is 133 cm³/mol. The summed E-state index contributed by atoms with van der Waals surface area (Å²) >= 11 is 0.962. The molecule has 0 bridgehead atoms. The van der Waals surface area contributed by atoms with E-state index in [1.807, 2.05) is 32.0 Å². The number of hydrogen-bond acceptors (Lipinski definition) is 5. The number of nitrogens with zero attached hydrogens (tertiary/aromatic N) is 2. The summed E-state index contributed by atoms with van der Waals surface area (Å²) < 4.78 is 32.0. The number of ketones is 1. The van der Waals surface area contributed by atoms with Crippen molar-refractivity contribution in [1.82, 2.24) is 4.57 Å². The van der Waals surface area contributed by atoms with Crippen molar-refractivity contribution < 1.29 is 18.3 Å². The van der Waals surface area contributed by atoms with Gasteiger partial charge < -0.3 is 4.74 Å². The molecule has 0 unspecified atom stereocenters. The summed E-state index contributed by atoms with van der Waals surface area (Å²) in [6.07, 6.45) is 1.43. The summed E-state index contributed by atoms with van der Waals surface area (Å²) in [4.78, 5) is 26.7. The molecule has 0 N–H and O–H groups in total. The number of ether oxygens (including phenoxy) is 1. The van der Waals surface area contributed by atoms with Gasteiger partial charge in [-0.25, -0.2) is 0 Å². The van der Waals surface area contributed by atoms with Crippen molar-refractivity contribution in [2.45, 2.75) is 47.1 Å². The molecular weight excluding hydrogens is 470 g/mol. The Labute approximate surface area is 206 Å². The van der Waals surface area contributed by atoms with Crippen LogP contribution >= 0.6 is 11.3 Å². The van der Waals surface area contributed by atoms with Crippen LogP contribution in [0.1, 0.15) is 51.7 Å². The van der Waals surface area contributed by atoms with Crippen molar-refractivity contribution in [2.24, 2.45) is 5.41 Å². The van der Waals surface area contributed by atoms with E-state index in [9.17, 15) is 23.6 Å². The van der Waals surface area contributed by atoms with Crippen molar-refractivity contribution in [2.75, 3.05) is 0 Å². The van der Waals surface area contributed by atoms with Gasteiger partial charge in [0.05, 0.1) is 10.2 Å². The van der Waals surface area contributed by atoms with Crippen LogP contribution in [0.4, 0.5) is 8.78 Å². The lowest BCUT2D eigenvalue weighted by Crippen LogP contribution is -2.33. The Kier molecular flexibility index (Phi) is 7.71. The molecule has 2 aromatic carbocycles. The highest BCUT2D eigenvalue weighted by Crippen LogP contribution is 2.22. The summed E-state index contributed by atoms with van der Waals surface area (Å²) in [7, 11) is 0. The van der Waals surface area contributed by atoms with E-state index in [0.717, 1.165) is 16.9 Å². The van der Waals surface area contributed by atoms with Crippen molar-refractivity contribution in [1.29, 1.82) is 5.26 Å². The lowest BCUT2D eigenvalue weighted by molar-refractivity contribution is -0.120. The normalized spacial score (nSPS) is 13.2. The second-order valence-corrected chi connectivity index (χ2v) is 10.3. The molecule has 3 rings (SSSR count). The Morgan fingerprint density at radius 2 is 1.74 bits per heavy atom. The van der Waals surface area contributed by atoms with Crippen LogP contribution in [0.3, 0.4) is 0 Å². The van der Waals surface area contributed by atoms with Crippen molar-refractivity contribution in [3.63, 3.8) is 0 Å². The van der Waals surface area contributed by atoms with Gasteiger partial charge >= 0.3 is 6.61 Å². The zero-order chi connectivity index (χ0) is 25.9. The summed E-state index contributed by atoms with van der Waals surface area (Å²) in [5, 5.41) is 9.90. The first-order valence-corrected chi connectivity index (χ1v) is 11.8. The standard InChI is InChI=1S/C27H26F2N2O3S/c1-16(2)17-10-12-19(13-11-17)31-24(33)22(14-18-8-6-7-9-21(18)34-26(28)29)35-25(31)20(15-30)23(32)27(3,4)5/h6-14,16,26H,1-5H3. The molecule has 5 nitrogen and oxygen atoms in total. The first-order chi connectivity index (χ1) is 16.4. The topological polar surface area (TPSA) is 72.1 Å². The molecule has 0 saturated heterocycles. The monoisotopic (exact) mass is 496 g/mol. The Balaban J connectivity index is 2.39. The summed E-state index contributed by atoms with van der Waals surface area (Å²) in [5.74, 6) is -0.205. The Morgan fingerprint density at radius 1 is 1.11 bits per heavy atom. The summed E-state index contributed by atoms with van der Waals surface area (Å²) in [6, 6.07) is 15.4. The number of hydrogen-bond donors (Lipinski definition) is 0. The average Bonchev–Trinajstić information content (AvgIpc) is 3.10. The summed E-state index contributed by atoms with van der Waals surface area (Å²) in [6.45, 7) is 6.17. The fraction of sp³-hybridized carbons (Fsp3) is 0.296. The Hall–Kier alpha value is -3.57. The van der Waals surface area contributed by atoms with Gasteiger partial charge in [0.25, 0.3) is 5.56 Å². The Morgan fingerprint density at radius 3 is 2.29 bits per heavy atom. The third-order valence-electron chi connectivity index (χ3n) is 5.30. The quantitative estimate of drug-likeness (QED) is 0.494. The van der Waals surface area contributed by atoms with Crippen LogP contribution in [0.2, 0.25) is 0 Å². The molecule has 1 heterocycles. The number of benzene rings is 2. The van der Waals surface area contributed by atoms with E-state index in [0.29, 0.717) is 5.69 Å². The second-order valence-electron chi connectivity index (χ2n) is 9.28. The molecule has 0 saturated carbocycles. The van der Waals surface area contributed by atoms with E-state index in [4.69, 9.17) is 0 Å². The van der Waals surface area contributed by atoms with Gasteiger partial charge in [0.1, 0.15) is 22.1 Å². The molecule has 1 aromatic heterocycles. The van der Waals surface area contributed by atoms with Gasteiger partial charge in [-0.1, -0.05) is 65.0 Å². The first-order valence-electron chi connectivity index (χ1n) is 11.0. The molecule has 0 aliphatic carbocycles. The summed E-state index contributed by atoms with van der Waals surface area (Å²) in [5.41, 5.74) is 0.392. The van der Waals surface area contributed by atoms with Crippen LogP contribution in [0.15, 0.2) is 53.3 Å². The van der Waals surface area contributed by atoms with Gasteiger partial charge in [-0.2, -0.15) is 14.0 Å². The van der Waals surface area contributed by atoms with Gasteiger partial charge in [-0.15, -0.1) is 11.3 Å². The molecular formula is C27H26F2N2O3S. The van der Waals surface area contributed by atoms with Gasteiger partial charge in [0.15, 0.2) is 5.78 Å². The molecule has 0 fully saturated rings. The lowest BCUT2D eigenvalue weighted by Gasteiger charge is -2.15. The minimum Gasteiger partial charge on any atom is -0.434 e. The SMILES string of the molecule is CC(C)c1ccc(-n2c(=C(C#N)C(=O)C(C)(C)C)sc(=Cc3ccccc3OC(F)F)c2=O)cc1. The highest BCUT2D eigenvalue weighted by molar-refractivity contribution is 7.07. The van der Waals surface area contributed by atoms with Gasteiger partial charge in [-0.05, 0) is 35.8 Å². The fourth-order valence-electron chi connectivity index (χ4n) is 3.41. The molecule has 0 aliphatic heterocycles. The number of alkyl halides is 2. The van der Waals surface area contributed by atoms with Crippen LogP contribution in [-0.2, 0) is 4.79 Å². The zero-order valence-corrected chi connectivity index (χ0v) is 21.0. The molecule has 3 aromatic rings. The lowest BCUT2D eigenvalue weighted by atomic mass is 9.87. The highest BCUT2D eigenvalue weighted by atomic mass is 32.1. The van der Waals surface area contributed by atoms with E-state index in [1.165, 1.54) is 16.7 Å². The highest BCUT2D eigenvalue weighted by Gasteiger charge is 2.27. The Bertz CT molecular complexity index is 1450. The predicted octanol–water partition coefficient (Wildman–Crippen LogP) is 4.74. The van der Waals surface area contributed by atoms with Crippen LogP contribution in [0.25, 0.3) is 17.3 Å². The minimum absolute atomic E-state index is 0.0834. The van der Waals surface area contributed by atoms with Gasteiger partial charge in [0.2, 0.25) is 0 Å². The number of aromatic nitrogens is 1. The molecule has 35 heavy (non-hydrogen) atoms. The van der Waals surface area contributed by atoms with E-state index in [2.05, 4.69) is 4.74 Å². The van der Waals surface area contributed by atoms with Crippen LogP contribution in [0, 0.1) is 16.7 Å². The maximum Gasteiger partial charge on any atom is 0.387 e. The molecule has 0 spiro atoms. The first kappa shape index (κ1) is 26.0. The maximum absolute atomic E-state index is 13.6. The smallest absolute Gasteiger partial charge is 0.387 e. The van der Waals surface area contributed by atoms with Crippen molar-refractivity contribution in [3.8, 4) is 17.5 Å². The molecule has 0 atom stereocenters. The average molecular weight is 497 g/mol. The fourth-order valence-corrected chi connectivity index (χ4v) is 4.50. The molecule has 0 amide bonds. The van der Waals surface area contributed by atoms with Gasteiger partial charge in [-0.3, -0.25) is 14.2 Å². The van der Waals surface area contributed by atoms with E-state index in [-0.39, 0.29) is 32.0 Å².